The van der Waals surface area contributed by atoms with Crippen LogP contribution in [0.3, 0.4) is 0 Å². The zero-order valence-electron chi connectivity index (χ0n) is 9.93. The fraction of sp³-hybridized carbons (Fsp3) is 0.727. The number of carbonyl (C=O) groups is 1. The summed E-state index contributed by atoms with van der Waals surface area (Å²) in [6.45, 7) is 6.09. The van der Waals surface area contributed by atoms with Gasteiger partial charge in [0.1, 0.15) is 16.7 Å². The third-order valence-corrected chi connectivity index (χ3v) is 3.13. The minimum atomic E-state index is -0.798. The summed E-state index contributed by atoms with van der Waals surface area (Å²) in [7, 11) is 0. The number of aromatic nitrogens is 2. The lowest BCUT2D eigenvalue weighted by atomic mass is 9.98. The summed E-state index contributed by atoms with van der Waals surface area (Å²) in [5.74, 6) is -0.173. The Labute approximate surface area is 99.9 Å². The van der Waals surface area contributed by atoms with Crippen LogP contribution in [0.5, 0.6) is 0 Å². The Balaban J connectivity index is 2.80. The molecule has 0 aliphatic rings. The summed E-state index contributed by atoms with van der Waals surface area (Å²) >= 11 is 1.23. The van der Waals surface area contributed by atoms with Crippen LogP contribution in [-0.2, 0) is 11.2 Å². The first kappa shape index (κ1) is 13.1. The van der Waals surface area contributed by atoms with Gasteiger partial charge in [0.15, 0.2) is 0 Å². The Kier molecular flexibility index (Phi) is 4.86. The number of carboxylic acid groups (broad SMARTS) is 1. The van der Waals surface area contributed by atoms with Crippen molar-refractivity contribution in [1.29, 1.82) is 0 Å². The number of hydrogen-bond donors (Lipinski definition) is 1. The van der Waals surface area contributed by atoms with E-state index < -0.39 is 11.9 Å². The van der Waals surface area contributed by atoms with Crippen LogP contribution in [0.25, 0.3) is 0 Å². The van der Waals surface area contributed by atoms with Gasteiger partial charge < -0.3 is 5.11 Å². The average Bonchev–Trinajstić information content (AvgIpc) is 2.62. The summed E-state index contributed by atoms with van der Waals surface area (Å²) in [6, 6.07) is 0. The number of rotatable bonds is 6. The second-order valence-corrected chi connectivity index (χ2v) is 5.10. The quantitative estimate of drug-likeness (QED) is 0.833. The molecule has 0 spiro atoms. The SMILES string of the molecule is CCCc1nsc(C(CC(C)C)C(=O)O)n1. The summed E-state index contributed by atoms with van der Waals surface area (Å²) in [4.78, 5) is 15.4. The molecule has 1 aromatic heterocycles. The molecule has 0 radical (unpaired) electrons. The summed E-state index contributed by atoms with van der Waals surface area (Å²) in [5, 5.41) is 9.80. The highest BCUT2D eigenvalue weighted by Gasteiger charge is 2.24. The maximum absolute atomic E-state index is 11.1. The number of aryl methyl sites for hydroxylation is 1. The molecule has 1 heterocycles. The van der Waals surface area contributed by atoms with Crippen LogP contribution in [0.1, 0.15) is 50.4 Å². The normalized spacial score (nSPS) is 13.0. The first-order valence-electron chi connectivity index (χ1n) is 5.59. The Bertz CT molecular complexity index is 350. The molecule has 0 bridgehead atoms. The lowest BCUT2D eigenvalue weighted by Gasteiger charge is -2.10. The molecule has 1 aromatic rings. The molecule has 0 saturated heterocycles. The van der Waals surface area contributed by atoms with Crippen molar-refractivity contribution in [2.45, 2.75) is 46.0 Å². The van der Waals surface area contributed by atoms with Gasteiger partial charge in [-0.2, -0.15) is 4.37 Å². The van der Waals surface area contributed by atoms with E-state index in [9.17, 15) is 4.79 Å². The largest absolute Gasteiger partial charge is 0.481 e. The molecule has 1 rings (SSSR count). The van der Waals surface area contributed by atoms with Crippen molar-refractivity contribution < 1.29 is 9.90 Å². The first-order chi connectivity index (χ1) is 7.54. The van der Waals surface area contributed by atoms with Crippen molar-refractivity contribution in [2.75, 3.05) is 0 Å². The fourth-order valence-corrected chi connectivity index (χ4v) is 2.31. The van der Waals surface area contributed by atoms with Crippen molar-refractivity contribution in [2.24, 2.45) is 5.92 Å². The predicted octanol–water partition coefficient (Wildman–Crippen LogP) is 2.70. The summed E-state index contributed by atoms with van der Waals surface area (Å²) in [5.41, 5.74) is 0. The van der Waals surface area contributed by atoms with Crippen molar-refractivity contribution in [3.63, 3.8) is 0 Å². The van der Waals surface area contributed by atoms with Gasteiger partial charge in [0, 0.05) is 6.42 Å². The smallest absolute Gasteiger partial charge is 0.313 e. The van der Waals surface area contributed by atoms with Crippen molar-refractivity contribution >= 4 is 17.5 Å². The molecular formula is C11H18N2O2S. The maximum Gasteiger partial charge on any atom is 0.313 e. The molecule has 1 atom stereocenters. The molecule has 0 aliphatic heterocycles. The van der Waals surface area contributed by atoms with E-state index in [1.54, 1.807) is 0 Å². The van der Waals surface area contributed by atoms with Crippen molar-refractivity contribution in [1.82, 2.24) is 9.36 Å². The van der Waals surface area contributed by atoms with Crippen molar-refractivity contribution in [3.05, 3.63) is 10.8 Å². The van der Waals surface area contributed by atoms with Crippen LogP contribution in [0, 0.1) is 5.92 Å². The first-order valence-corrected chi connectivity index (χ1v) is 6.37. The highest BCUT2D eigenvalue weighted by Crippen LogP contribution is 2.25. The molecule has 5 heteroatoms. The van der Waals surface area contributed by atoms with Crippen molar-refractivity contribution in [3.8, 4) is 0 Å². The molecular weight excluding hydrogens is 224 g/mol. The maximum atomic E-state index is 11.1. The monoisotopic (exact) mass is 242 g/mol. The number of aliphatic carboxylic acids is 1. The van der Waals surface area contributed by atoms with E-state index in [-0.39, 0.29) is 0 Å². The van der Waals surface area contributed by atoms with Gasteiger partial charge in [-0.1, -0.05) is 20.8 Å². The minimum absolute atomic E-state index is 0.347. The van der Waals surface area contributed by atoms with Crippen LogP contribution in [0.2, 0.25) is 0 Å². The second kappa shape index (κ2) is 5.94. The Morgan fingerprint density at radius 2 is 2.19 bits per heavy atom. The molecule has 16 heavy (non-hydrogen) atoms. The van der Waals surface area contributed by atoms with Gasteiger partial charge in [-0.3, -0.25) is 4.79 Å². The molecule has 0 aromatic carbocycles. The number of hydrogen-bond acceptors (Lipinski definition) is 4. The molecule has 1 N–H and O–H groups in total. The lowest BCUT2D eigenvalue weighted by molar-refractivity contribution is -0.139. The second-order valence-electron chi connectivity index (χ2n) is 4.32. The predicted molar refractivity (Wildman–Crippen MR) is 63.7 cm³/mol. The van der Waals surface area contributed by atoms with E-state index in [1.165, 1.54) is 11.5 Å². The van der Waals surface area contributed by atoms with E-state index in [1.807, 2.05) is 13.8 Å². The van der Waals surface area contributed by atoms with Crippen LogP contribution in [0.4, 0.5) is 0 Å². The lowest BCUT2D eigenvalue weighted by Crippen LogP contribution is -2.13. The van der Waals surface area contributed by atoms with Crippen LogP contribution >= 0.6 is 11.5 Å². The third-order valence-electron chi connectivity index (χ3n) is 2.26. The molecule has 1 unspecified atom stereocenters. The Morgan fingerprint density at radius 3 is 2.69 bits per heavy atom. The van der Waals surface area contributed by atoms with E-state index in [0.717, 1.165) is 18.7 Å². The number of nitrogens with zero attached hydrogens (tertiary/aromatic N) is 2. The van der Waals surface area contributed by atoms with Crippen LogP contribution in [0.15, 0.2) is 0 Å². The van der Waals surface area contributed by atoms with Crippen LogP contribution in [-0.4, -0.2) is 20.4 Å². The summed E-state index contributed by atoms with van der Waals surface area (Å²) < 4.78 is 4.18. The molecule has 0 fully saturated rings. The summed E-state index contributed by atoms with van der Waals surface area (Å²) in [6.07, 6.45) is 2.43. The highest BCUT2D eigenvalue weighted by molar-refractivity contribution is 7.05. The molecule has 4 nitrogen and oxygen atoms in total. The topological polar surface area (TPSA) is 63.1 Å². The third kappa shape index (κ3) is 3.56. The van der Waals surface area contributed by atoms with E-state index in [0.29, 0.717) is 17.3 Å². The highest BCUT2D eigenvalue weighted by atomic mass is 32.1. The van der Waals surface area contributed by atoms with Gasteiger partial charge in [0.05, 0.1) is 0 Å². The Morgan fingerprint density at radius 1 is 1.50 bits per heavy atom. The van der Waals surface area contributed by atoms with Gasteiger partial charge >= 0.3 is 5.97 Å². The minimum Gasteiger partial charge on any atom is -0.481 e. The average molecular weight is 242 g/mol. The van der Waals surface area contributed by atoms with Crippen LogP contribution < -0.4 is 0 Å². The Hall–Kier alpha value is -0.970. The van der Waals surface area contributed by atoms with Gasteiger partial charge in [-0.15, -0.1) is 0 Å². The van der Waals surface area contributed by atoms with E-state index in [2.05, 4.69) is 16.3 Å². The van der Waals surface area contributed by atoms with Gasteiger partial charge in [-0.05, 0) is 30.3 Å². The molecule has 0 amide bonds. The zero-order valence-corrected chi connectivity index (χ0v) is 10.8. The van der Waals surface area contributed by atoms with Gasteiger partial charge in [0.25, 0.3) is 0 Å². The molecule has 90 valence electrons. The van der Waals surface area contributed by atoms with E-state index >= 15 is 0 Å². The number of carboxylic acids is 1. The fourth-order valence-electron chi connectivity index (χ4n) is 1.51. The zero-order chi connectivity index (χ0) is 12.1. The molecule has 0 aliphatic carbocycles. The van der Waals surface area contributed by atoms with Gasteiger partial charge in [0.2, 0.25) is 0 Å². The van der Waals surface area contributed by atoms with E-state index in [4.69, 9.17) is 5.11 Å². The molecule has 0 saturated carbocycles. The van der Waals surface area contributed by atoms with Gasteiger partial charge in [-0.25, -0.2) is 4.98 Å². The standard InChI is InChI=1S/C11H18N2O2S/c1-4-5-9-12-10(16-13-9)8(11(14)15)6-7(2)3/h7-8H,4-6H2,1-3H3,(H,14,15).